The highest BCUT2D eigenvalue weighted by Crippen LogP contribution is 2.25. The van der Waals surface area contributed by atoms with E-state index in [-0.39, 0.29) is 6.10 Å². The first kappa shape index (κ1) is 12.4. The van der Waals surface area contributed by atoms with Crippen molar-refractivity contribution in [1.82, 2.24) is 4.98 Å². The van der Waals surface area contributed by atoms with E-state index in [1.54, 1.807) is 0 Å². The molecule has 0 aromatic carbocycles. The van der Waals surface area contributed by atoms with Gasteiger partial charge < -0.3 is 10.0 Å². The highest BCUT2D eigenvalue weighted by molar-refractivity contribution is 5.37. The smallest absolute Gasteiger partial charge is 0.128 e. The van der Waals surface area contributed by atoms with Crippen molar-refractivity contribution >= 4 is 5.82 Å². The molecule has 17 heavy (non-hydrogen) atoms. The van der Waals surface area contributed by atoms with Crippen LogP contribution in [0.25, 0.3) is 0 Å². The summed E-state index contributed by atoms with van der Waals surface area (Å²) in [5, 5.41) is 9.29. The lowest BCUT2D eigenvalue weighted by Crippen LogP contribution is -2.34. The van der Waals surface area contributed by atoms with E-state index < -0.39 is 0 Å². The minimum atomic E-state index is -0.149. The Bertz CT molecular complexity index is 318. The van der Waals surface area contributed by atoms with Crippen molar-refractivity contribution < 1.29 is 5.11 Å². The fraction of sp³-hybridized carbons (Fsp3) is 0.643. The quantitative estimate of drug-likeness (QED) is 0.869. The number of piperidine rings is 1. The number of pyridine rings is 1. The van der Waals surface area contributed by atoms with Gasteiger partial charge in [-0.15, -0.1) is 0 Å². The third kappa shape index (κ3) is 3.70. The predicted molar refractivity (Wildman–Crippen MR) is 70.1 cm³/mol. The second kappa shape index (κ2) is 6.01. The normalized spacial score (nSPS) is 19.3. The highest BCUT2D eigenvalue weighted by Gasteiger charge is 2.19. The molecule has 1 aromatic rings. The second-order valence-electron chi connectivity index (χ2n) is 5.04. The van der Waals surface area contributed by atoms with Gasteiger partial charge in [0.2, 0.25) is 0 Å². The summed E-state index contributed by atoms with van der Waals surface area (Å²) in [7, 11) is 0. The van der Waals surface area contributed by atoms with Gasteiger partial charge in [-0.25, -0.2) is 4.98 Å². The zero-order valence-corrected chi connectivity index (χ0v) is 10.5. The number of nitrogens with zero attached hydrogens (tertiary/aromatic N) is 2. The first-order valence-electron chi connectivity index (χ1n) is 6.60. The number of hydrogen-bond donors (Lipinski definition) is 1. The standard InChI is InChI=1S/C14H22N2O/c1-12(17)5-6-13-7-10-16(11-8-13)14-4-2-3-9-15-14/h2-4,9,12-13,17H,5-8,10-11H2,1H3. The molecule has 1 aromatic heterocycles. The van der Waals surface area contributed by atoms with Crippen LogP contribution in [0.1, 0.15) is 32.6 Å². The number of aliphatic hydroxyl groups excluding tert-OH is 1. The molecule has 3 heteroatoms. The van der Waals surface area contributed by atoms with Crippen LogP contribution in [0.5, 0.6) is 0 Å². The molecule has 1 aliphatic heterocycles. The van der Waals surface area contributed by atoms with E-state index in [9.17, 15) is 5.11 Å². The topological polar surface area (TPSA) is 36.4 Å². The molecule has 0 saturated carbocycles. The van der Waals surface area contributed by atoms with Gasteiger partial charge in [0.1, 0.15) is 5.82 Å². The SMILES string of the molecule is CC(O)CCC1CCN(c2ccccn2)CC1. The van der Waals surface area contributed by atoms with Crippen molar-refractivity contribution in [3.05, 3.63) is 24.4 Å². The summed E-state index contributed by atoms with van der Waals surface area (Å²) in [6.07, 6.45) is 6.26. The summed E-state index contributed by atoms with van der Waals surface area (Å²) in [5.41, 5.74) is 0. The number of aromatic nitrogens is 1. The average Bonchev–Trinajstić information content (AvgIpc) is 2.38. The second-order valence-corrected chi connectivity index (χ2v) is 5.04. The molecule has 0 amide bonds. The Morgan fingerprint density at radius 2 is 2.18 bits per heavy atom. The zero-order chi connectivity index (χ0) is 12.1. The van der Waals surface area contributed by atoms with Crippen molar-refractivity contribution in [2.75, 3.05) is 18.0 Å². The van der Waals surface area contributed by atoms with E-state index in [2.05, 4.69) is 16.0 Å². The van der Waals surface area contributed by atoms with Gasteiger partial charge >= 0.3 is 0 Å². The molecular weight excluding hydrogens is 212 g/mol. The Kier molecular flexibility index (Phi) is 4.37. The van der Waals surface area contributed by atoms with E-state index >= 15 is 0 Å². The molecule has 1 unspecified atom stereocenters. The van der Waals surface area contributed by atoms with Crippen LogP contribution in [0.2, 0.25) is 0 Å². The summed E-state index contributed by atoms with van der Waals surface area (Å²) in [6, 6.07) is 6.08. The van der Waals surface area contributed by atoms with E-state index in [1.807, 2.05) is 25.3 Å². The zero-order valence-electron chi connectivity index (χ0n) is 10.5. The maximum Gasteiger partial charge on any atom is 0.128 e. The van der Waals surface area contributed by atoms with Crippen LogP contribution >= 0.6 is 0 Å². The van der Waals surface area contributed by atoms with E-state index in [1.165, 1.54) is 12.8 Å². The number of anilines is 1. The van der Waals surface area contributed by atoms with Crippen molar-refractivity contribution in [2.45, 2.75) is 38.7 Å². The summed E-state index contributed by atoms with van der Waals surface area (Å²) in [4.78, 5) is 6.75. The molecule has 0 aliphatic carbocycles. The van der Waals surface area contributed by atoms with Crippen LogP contribution in [-0.4, -0.2) is 29.3 Å². The maximum absolute atomic E-state index is 9.29. The third-order valence-corrected chi connectivity index (χ3v) is 3.58. The highest BCUT2D eigenvalue weighted by atomic mass is 16.3. The Hall–Kier alpha value is -1.09. The summed E-state index contributed by atoms with van der Waals surface area (Å²) in [5.74, 6) is 1.88. The minimum absolute atomic E-state index is 0.149. The van der Waals surface area contributed by atoms with Crippen molar-refractivity contribution in [3.8, 4) is 0 Å². The van der Waals surface area contributed by atoms with Crippen LogP contribution in [-0.2, 0) is 0 Å². The van der Waals surface area contributed by atoms with Gasteiger partial charge in [-0.05, 0) is 50.7 Å². The monoisotopic (exact) mass is 234 g/mol. The third-order valence-electron chi connectivity index (χ3n) is 3.58. The predicted octanol–water partition coefficient (Wildman–Crippen LogP) is 2.46. The molecule has 2 heterocycles. The van der Waals surface area contributed by atoms with Crippen LogP contribution < -0.4 is 4.90 Å². The van der Waals surface area contributed by atoms with Gasteiger partial charge in [0.15, 0.2) is 0 Å². The lowest BCUT2D eigenvalue weighted by Gasteiger charge is -2.33. The summed E-state index contributed by atoms with van der Waals surface area (Å²) >= 11 is 0. The van der Waals surface area contributed by atoms with E-state index in [0.717, 1.165) is 37.7 Å². The van der Waals surface area contributed by atoms with Gasteiger partial charge in [0, 0.05) is 19.3 Å². The maximum atomic E-state index is 9.29. The Morgan fingerprint density at radius 3 is 2.76 bits per heavy atom. The summed E-state index contributed by atoms with van der Waals surface area (Å²) < 4.78 is 0. The number of aliphatic hydroxyl groups is 1. The van der Waals surface area contributed by atoms with E-state index in [4.69, 9.17) is 0 Å². The van der Waals surface area contributed by atoms with Crippen molar-refractivity contribution in [1.29, 1.82) is 0 Å². The molecule has 3 nitrogen and oxygen atoms in total. The van der Waals surface area contributed by atoms with Crippen molar-refractivity contribution in [3.63, 3.8) is 0 Å². The van der Waals surface area contributed by atoms with Gasteiger partial charge in [0.25, 0.3) is 0 Å². The van der Waals surface area contributed by atoms with Crippen LogP contribution in [0.3, 0.4) is 0 Å². The van der Waals surface area contributed by atoms with Crippen LogP contribution in [0, 0.1) is 5.92 Å². The Balaban J connectivity index is 1.78. The first-order chi connectivity index (χ1) is 8.25. The molecule has 1 atom stereocenters. The molecule has 1 fully saturated rings. The Labute approximate surface area is 103 Å². The lowest BCUT2D eigenvalue weighted by molar-refractivity contribution is 0.169. The molecule has 1 saturated heterocycles. The number of hydrogen-bond acceptors (Lipinski definition) is 3. The van der Waals surface area contributed by atoms with E-state index in [0.29, 0.717) is 0 Å². The fourth-order valence-electron chi connectivity index (χ4n) is 2.47. The molecule has 1 aliphatic rings. The van der Waals surface area contributed by atoms with Gasteiger partial charge in [-0.3, -0.25) is 0 Å². The van der Waals surface area contributed by atoms with Crippen LogP contribution in [0.15, 0.2) is 24.4 Å². The molecule has 0 radical (unpaired) electrons. The fourth-order valence-corrected chi connectivity index (χ4v) is 2.47. The molecule has 0 bridgehead atoms. The van der Waals surface area contributed by atoms with Gasteiger partial charge in [-0.2, -0.15) is 0 Å². The largest absolute Gasteiger partial charge is 0.393 e. The molecule has 0 spiro atoms. The lowest BCUT2D eigenvalue weighted by atomic mass is 9.91. The van der Waals surface area contributed by atoms with Gasteiger partial charge in [-0.1, -0.05) is 6.07 Å². The Morgan fingerprint density at radius 1 is 1.41 bits per heavy atom. The molecule has 2 rings (SSSR count). The molecule has 1 N–H and O–H groups in total. The van der Waals surface area contributed by atoms with Crippen molar-refractivity contribution in [2.24, 2.45) is 5.92 Å². The first-order valence-corrected chi connectivity index (χ1v) is 6.60. The van der Waals surface area contributed by atoms with Gasteiger partial charge in [0.05, 0.1) is 6.10 Å². The number of rotatable bonds is 4. The summed E-state index contributed by atoms with van der Waals surface area (Å²) in [6.45, 7) is 4.08. The molecular formula is C14H22N2O. The molecule has 94 valence electrons. The average molecular weight is 234 g/mol. The van der Waals surface area contributed by atoms with Crippen LogP contribution in [0.4, 0.5) is 5.82 Å². The minimum Gasteiger partial charge on any atom is -0.393 e.